The molecule has 17 heteroatoms. The Bertz CT molecular complexity index is 2900. The molecule has 1 saturated carbocycles. The van der Waals surface area contributed by atoms with Crippen molar-refractivity contribution in [1.82, 2.24) is 0 Å². The molecule has 0 radical (unpaired) electrons. The molecule has 9 rings (SSSR count). The molecule has 1 aliphatic carbocycles. The number of benzene rings is 4. The van der Waals surface area contributed by atoms with E-state index in [9.17, 15) is 32.1 Å². The van der Waals surface area contributed by atoms with Crippen LogP contribution in [0.1, 0.15) is 117 Å². The lowest BCUT2D eigenvalue weighted by molar-refractivity contribution is -0.137. The molecular weight excluding hydrogens is 997 g/mol. The largest absolute Gasteiger partial charge is 0.489 e. The third-order valence-electron chi connectivity index (χ3n) is 15.7. The molecule has 4 aromatic rings. The molecule has 396 valence electrons. The first-order chi connectivity index (χ1) is 35.3. The quantitative estimate of drug-likeness (QED) is 0.0672. The summed E-state index contributed by atoms with van der Waals surface area (Å²) in [5.41, 5.74) is 8.92. The van der Waals surface area contributed by atoms with Gasteiger partial charge in [0.1, 0.15) is 17.6 Å². The molecule has 0 spiro atoms. The summed E-state index contributed by atoms with van der Waals surface area (Å²) in [5.74, 6) is 0.136. The number of amides is 3. The Morgan fingerprint density at radius 2 is 1.55 bits per heavy atom. The smallest absolute Gasteiger partial charge is 0.275 e. The standard InChI is InChI=1S/C57H70N4O10S3/c1-8-49(62)53(74(66,67)68)22-35(3)72-73-57(4,5)20-19-54(63)58-41-24-36(32-70-50-30-48-45(21-34(50)2)56(65)61-43(31-59(48)6)27-40-14-10-12-16-47(40)61)23-37(25-41)33-71-52-28-38-17-18-42-26-39-13-9-11-15-46(39)60(42)55(64)44(38)29-51(52)69-7/h9-16,21,23-25,30,35,38,42-44,51-53H,8,17-20,22,26-29,31-33H2,1-7H3,(H,58,63)(H,66,67,68)/t35?,38?,42-,43+,44?,51?,52?,53?/m1/s1. The Morgan fingerprint density at radius 3 is 2.24 bits per heavy atom. The molecule has 5 aliphatic rings. The third-order valence-corrected chi connectivity index (χ3v) is 20.8. The zero-order valence-corrected chi connectivity index (χ0v) is 46.0. The number of rotatable bonds is 19. The molecule has 4 heterocycles. The van der Waals surface area contributed by atoms with Gasteiger partial charge in [-0.25, -0.2) is 0 Å². The van der Waals surface area contributed by atoms with Crippen LogP contribution in [0.25, 0.3) is 0 Å². The number of anilines is 4. The summed E-state index contributed by atoms with van der Waals surface area (Å²) in [6.45, 7) is 10.5. The average molecular weight is 1070 g/mol. The molecule has 14 nitrogen and oxygen atoms in total. The van der Waals surface area contributed by atoms with Crippen LogP contribution in [-0.4, -0.2) is 96.7 Å². The maximum absolute atomic E-state index is 14.3. The first-order valence-corrected chi connectivity index (χ1v) is 29.7. The lowest BCUT2D eigenvalue weighted by Gasteiger charge is -2.40. The zero-order chi connectivity index (χ0) is 52.6. The topological polar surface area (TPSA) is 172 Å². The number of aryl methyl sites for hydroxylation is 1. The van der Waals surface area contributed by atoms with Crippen LogP contribution < -0.4 is 24.8 Å². The summed E-state index contributed by atoms with van der Waals surface area (Å²) in [6.07, 6.45) is 5.02. The fraction of sp³-hybridized carbons (Fsp3) is 0.509. The number of ketones is 1. The van der Waals surface area contributed by atoms with Gasteiger partial charge >= 0.3 is 0 Å². The van der Waals surface area contributed by atoms with Gasteiger partial charge in [-0.3, -0.25) is 23.7 Å². The van der Waals surface area contributed by atoms with Crippen LogP contribution in [-0.2, 0) is 60.0 Å². The Balaban J connectivity index is 0.899. The van der Waals surface area contributed by atoms with E-state index in [1.807, 2.05) is 100 Å². The van der Waals surface area contributed by atoms with Crippen molar-refractivity contribution in [2.45, 2.75) is 152 Å². The predicted octanol–water partition coefficient (Wildman–Crippen LogP) is 10.2. The van der Waals surface area contributed by atoms with Crippen LogP contribution in [0.2, 0.25) is 0 Å². The van der Waals surface area contributed by atoms with Crippen molar-refractivity contribution < 1.29 is 46.4 Å². The van der Waals surface area contributed by atoms with Gasteiger partial charge in [0.15, 0.2) is 5.78 Å². The van der Waals surface area contributed by atoms with Crippen molar-refractivity contribution >= 4 is 78.0 Å². The highest BCUT2D eigenvalue weighted by Crippen LogP contribution is 2.47. The monoisotopic (exact) mass is 1070 g/mol. The number of ether oxygens (including phenoxy) is 3. The van der Waals surface area contributed by atoms with Crippen LogP contribution in [0.3, 0.4) is 0 Å². The summed E-state index contributed by atoms with van der Waals surface area (Å²) in [4.78, 5) is 60.8. The number of fused-ring (bicyclic) bond motifs is 8. The van der Waals surface area contributed by atoms with Crippen LogP contribution in [0.15, 0.2) is 78.9 Å². The second-order valence-electron chi connectivity index (χ2n) is 21.6. The maximum atomic E-state index is 14.3. The number of likely N-dealkylation sites (N-methyl/N-ethyl adjacent to an activating group) is 1. The first kappa shape index (κ1) is 53.9. The molecule has 0 aromatic heterocycles. The second kappa shape index (κ2) is 22.4. The van der Waals surface area contributed by atoms with Crippen LogP contribution >= 0.6 is 21.6 Å². The third kappa shape index (κ3) is 11.7. The molecule has 3 amide bonds. The number of Topliss-reactive ketones (excluding diaryl/α,β-unsaturated/α-hetero) is 1. The van der Waals surface area contributed by atoms with Crippen molar-refractivity contribution in [2.24, 2.45) is 11.8 Å². The van der Waals surface area contributed by atoms with E-state index in [-0.39, 0.29) is 91.6 Å². The minimum Gasteiger partial charge on any atom is -0.489 e. The van der Waals surface area contributed by atoms with E-state index >= 15 is 0 Å². The lowest BCUT2D eigenvalue weighted by Crippen LogP contribution is -2.47. The summed E-state index contributed by atoms with van der Waals surface area (Å²) < 4.78 is 52.8. The first-order valence-electron chi connectivity index (χ1n) is 26.0. The molecule has 4 aliphatic heterocycles. The summed E-state index contributed by atoms with van der Waals surface area (Å²) in [5, 5.41) is 1.42. The van der Waals surface area contributed by atoms with Gasteiger partial charge in [0.25, 0.3) is 16.0 Å². The van der Waals surface area contributed by atoms with E-state index in [0.717, 1.165) is 59.4 Å². The van der Waals surface area contributed by atoms with Gasteiger partial charge < -0.3 is 34.2 Å². The number of nitrogens with one attached hydrogen (secondary N) is 1. The van der Waals surface area contributed by atoms with Gasteiger partial charge in [0.05, 0.1) is 36.1 Å². The molecule has 6 unspecified atom stereocenters. The van der Waals surface area contributed by atoms with E-state index in [1.165, 1.54) is 32.7 Å². The lowest BCUT2D eigenvalue weighted by atomic mass is 9.74. The molecule has 8 atom stereocenters. The van der Waals surface area contributed by atoms with Gasteiger partial charge in [-0.15, -0.1) is 0 Å². The van der Waals surface area contributed by atoms with E-state index in [0.29, 0.717) is 42.8 Å². The highest BCUT2D eigenvalue weighted by atomic mass is 33.1. The summed E-state index contributed by atoms with van der Waals surface area (Å²) in [6, 6.07) is 26.3. The van der Waals surface area contributed by atoms with Gasteiger partial charge in [-0.05, 0) is 142 Å². The van der Waals surface area contributed by atoms with Crippen LogP contribution in [0.4, 0.5) is 22.7 Å². The molecule has 74 heavy (non-hydrogen) atoms. The fourth-order valence-corrected chi connectivity index (χ4v) is 15.6. The normalized spacial score (nSPS) is 23.1. The molecular formula is C57H70N4O10S3. The number of hydrogen-bond acceptors (Lipinski definition) is 12. The van der Waals surface area contributed by atoms with Gasteiger partial charge in [-0.1, -0.05) is 71.8 Å². The summed E-state index contributed by atoms with van der Waals surface area (Å²) >= 11 is 0. The van der Waals surface area contributed by atoms with E-state index in [1.54, 1.807) is 14.0 Å². The van der Waals surface area contributed by atoms with E-state index in [2.05, 4.69) is 33.3 Å². The summed E-state index contributed by atoms with van der Waals surface area (Å²) in [7, 11) is 2.14. The van der Waals surface area contributed by atoms with Crippen LogP contribution in [0.5, 0.6) is 5.75 Å². The fourth-order valence-electron chi connectivity index (χ4n) is 11.8. The molecule has 2 N–H and O–H groups in total. The van der Waals surface area contributed by atoms with Gasteiger partial charge in [0, 0.05) is 78.6 Å². The van der Waals surface area contributed by atoms with Crippen molar-refractivity contribution in [3.05, 3.63) is 112 Å². The number of methoxy groups -OCH3 is 1. The predicted molar refractivity (Wildman–Crippen MR) is 294 cm³/mol. The second-order valence-corrected chi connectivity index (χ2v) is 26.5. The molecule has 0 bridgehead atoms. The number of carbonyl (C=O) groups excluding carboxylic acids is 4. The van der Waals surface area contributed by atoms with E-state index < -0.39 is 25.9 Å². The zero-order valence-electron chi connectivity index (χ0n) is 43.5. The number of carbonyl (C=O) groups is 4. The van der Waals surface area contributed by atoms with Gasteiger partial charge in [-0.2, -0.15) is 8.42 Å². The average Bonchev–Trinajstić information content (AvgIpc) is 3.87. The molecule has 4 aromatic carbocycles. The number of para-hydroxylation sites is 2. The Labute approximate surface area is 444 Å². The number of hydrogen-bond donors (Lipinski definition) is 2. The van der Waals surface area contributed by atoms with Gasteiger partial charge in [0.2, 0.25) is 11.8 Å². The van der Waals surface area contributed by atoms with Crippen LogP contribution in [0, 0.1) is 18.8 Å². The van der Waals surface area contributed by atoms with Crippen molar-refractivity contribution in [2.75, 3.05) is 40.7 Å². The molecule has 1 saturated heterocycles. The van der Waals surface area contributed by atoms with Crippen molar-refractivity contribution in [3.8, 4) is 5.75 Å². The van der Waals surface area contributed by atoms with Crippen molar-refractivity contribution in [1.29, 1.82) is 0 Å². The number of nitrogens with zero attached hydrogens (tertiary/aromatic N) is 3. The molecule has 2 fully saturated rings. The Hall–Kier alpha value is -4.91. The maximum Gasteiger partial charge on any atom is 0.275 e. The highest BCUT2D eigenvalue weighted by molar-refractivity contribution is 8.77. The minimum absolute atomic E-state index is 0.00846. The van der Waals surface area contributed by atoms with Crippen molar-refractivity contribution in [3.63, 3.8) is 0 Å². The Kier molecular flexibility index (Phi) is 16.3. The highest BCUT2D eigenvalue weighted by Gasteiger charge is 2.48. The SMILES string of the molecule is CCC(=O)C(CC(C)SSC(C)(C)CCC(=O)Nc1cc(COc2cc3c(cc2C)C(=O)N2c4ccccc4C[C@H]2CN3C)cc(COC2CC3CC[C@@H]4Cc5ccccc5N4C(=O)C3CC2OC)c1)S(=O)(=O)O. The van der Waals surface area contributed by atoms with E-state index in [4.69, 9.17) is 14.2 Å². The Morgan fingerprint density at radius 1 is 0.878 bits per heavy atom. The minimum atomic E-state index is -4.53.